The number of hydrogen-bond donors (Lipinski definition) is 4. The number of nitrogens with one attached hydrogen (secondary N) is 2. The van der Waals surface area contributed by atoms with Gasteiger partial charge in [0.1, 0.15) is 18.0 Å². The summed E-state index contributed by atoms with van der Waals surface area (Å²) in [7, 11) is -4.44. The lowest BCUT2D eigenvalue weighted by Gasteiger charge is -2.36. The van der Waals surface area contributed by atoms with Crippen LogP contribution in [0.2, 0.25) is 0 Å². The normalized spacial score (nSPS) is 19.7. The van der Waals surface area contributed by atoms with Crippen molar-refractivity contribution in [3.63, 3.8) is 0 Å². The molecule has 0 spiro atoms. The first-order valence-electron chi connectivity index (χ1n) is 24.3. The first-order chi connectivity index (χ1) is 33.0. The third kappa shape index (κ3) is 10.3. The number of imide groups is 1. The number of ether oxygens (including phenoxy) is 1. The van der Waals surface area contributed by atoms with Gasteiger partial charge in [-0.1, -0.05) is 49.8 Å². The van der Waals surface area contributed by atoms with E-state index in [0.29, 0.717) is 57.5 Å². The summed E-state index contributed by atoms with van der Waals surface area (Å²) in [5.41, 5.74) is 8.66. The van der Waals surface area contributed by atoms with Crippen LogP contribution in [0.5, 0.6) is 11.5 Å². The molecular weight excluding hydrogens is 907 g/mol. The number of phenols is 1. The van der Waals surface area contributed by atoms with Crippen LogP contribution in [0.1, 0.15) is 112 Å². The quantitative estimate of drug-likeness (QED) is 0.0321. The number of aryl methyl sites for hydroxylation is 1. The number of carbonyl (C=O) groups is 4. The molecule has 4 aliphatic heterocycles. The van der Waals surface area contributed by atoms with Crippen LogP contribution in [0, 0.1) is 27.7 Å². The van der Waals surface area contributed by atoms with E-state index in [1.54, 1.807) is 12.1 Å². The minimum atomic E-state index is -4.44. The summed E-state index contributed by atoms with van der Waals surface area (Å²) in [6.07, 6.45) is 16.9. The Morgan fingerprint density at radius 3 is 2.24 bits per heavy atom. The lowest BCUT2D eigenvalue weighted by Crippen LogP contribution is -2.51. The van der Waals surface area contributed by atoms with Crippen LogP contribution in [-0.2, 0) is 46.5 Å². The molecule has 14 nitrogen and oxygen atoms in total. The highest BCUT2D eigenvalue weighted by molar-refractivity contribution is 7.85. The maximum atomic E-state index is 13.7. The summed E-state index contributed by atoms with van der Waals surface area (Å²) in [6, 6.07) is 11.2. The first kappa shape index (κ1) is 51.5. The van der Waals surface area contributed by atoms with E-state index in [2.05, 4.69) is 65.2 Å². The number of fused-ring (bicyclic) bond motifs is 3. The van der Waals surface area contributed by atoms with Crippen LogP contribution in [0.15, 0.2) is 89.5 Å². The molecule has 0 radical (unpaired) electrons. The van der Waals surface area contributed by atoms with Crippen molar-refractivity contribution in [3.05, 3.63) is 124 Å². The van der Waals surface area contributed by atoms with Crippen molar-refractivity contribution in [1.82, 2.24) is 15.5 Å². The molecule has 0 aromatic heterocycles. The molecule has 0 saturated heterocycles. The van der Waals surface area contributed by atoms with E-state index in [0.717, 1.165) is 68.3 Å². The van der Waals surface area contributed by atoms with Crippen LogP contribution < -0.4 is 20.3 Å². The van der Waals surface area contributed by atoms with Crippen molar-refractivity contribution in [2.45, 2.75) is 129 Å². The van der Waals surface area contributed by atoms with Crippen molar-refractivity contribution in [3.8, 4) is 11.5 Å². The maximum Gasteiger partial charge on any atom is 0.294 e. The Morgan fingerprint density at radius 2 is 1.53 bits per heavy atom. The van der Waals surface area contributed by atoms with E-state index < -0.39 is 21.1 Å². The number of carbonyl (C=O) groups excluding carboxylic acids is 4. The second-order valence-electron chi connectivity index (χ2n) is 20.2. The van der Waals surface area contributed by atoms with Crippen molar-refractivity contribution in [2.75, 3.05) is 37.6 Å². The van der Waals surface area contributed by atoms with Gasteiger partial charge < -0.3 is 25.4 Å². The standard InChI is InChI=1S/C55H67N5O9S/c1-35-20-22-43-41(33-35)53(5,6)45(59(43)31-16-28-57-52(65)55(9)27-26-40-38(4)50(64)36(2)37(3)51(40)69-55)17-12-10-13-18-46-54(7,8)42-34-39(70(66,67)68)21-23-44(42)58(46)30-15-11-14-19-47(61)56-29-32-60-48(62)24-25-49(60)63/h10,12-13,17-18,20-25,33-34H,11,14-16,19,26-32H2,1-9H3,(H3-,56,57,61,64,65,66,67,68)/p+1. The number of aromatic hydroxyl groups is 1. The summed E-state index contributed by atoms with van der Waals surface area (Å²) in [6.45, 7) is 20.2. The molecule has 3 aromatic rings. The molecule has 4 amide bonds. The molecule has 1 atom stereocenters. The number of benzene rings is 3. The Hall–Kier alpha value is -6.32. The van der Waals surface area contributed by atoms with E-state index in [4.69, 9.17) is 4.74 Å². The average molecular weight is 975 g/mol. The third-order valence-electron chi connectivity index (χ3n) is 14.6. The van der Waals surface area contributed by atoms with E-state index in [9.17, 15) is 37.3 Å². The first-order valence-corrected chi connectivity index (χ1v) is 25.7. The predicted molar refractivity (Wildman–Crippen MR) is 272 cm³/mol. The topological polar surface area (TPSA) is 186 Å². The molecule has 4 aliphatic rings. The number of unbranched alkanes of at least 4 members (excludes halogenated alkanes) is 2. The maximum absolute atomic E-state index is 13.7. The van der Waals surface area contributed by atoms with Gasteiger partial charge in [0.2, 0.25) is 11.6 Å². The van der Waals surface area contributed by atoms with Gasteiger partial charge in [0.25, 0.3) is 27.8 Å². The zero-order chi connectivity index (χ0) is 50.9. The number of anilines is 1. The molecule has 7 rings (SSSR count). The minimum absolute atomic E-state index is 0.118. The van der Waals surface area contributed by atoms with Gasteiger partial charge in [-0.05, 0) is 121 Å². The molecule has 372 valence electrons. The molecule has 0 saturated carbocycles. The SMILES string of the molecule is Cc1ccc2c(c1)C(C)(C)C(=CC=CC=CC1=[N+](CCCCCC(=O)NCCN3C(=O)C=CC3=O)c3ccc(S(=O)(=O)O)cc3C1(C)C)N2CCCNC(=O)C1(C)CCc2c(C)c(O)c(C)c(C)c2O1. The number of phenolic OH excluding ortho intramolecular Hbond substituents is 1. The van der Waals surface area contributed by atoms with Gasteiger partial charge in [-0.15, -0.1) is 0 Å². The van der Waals surface area contributed by atoms with Crippen molar-refractivity contribution in [1.29, 1.82) is 0 Å². The largest absolute Gasteiger partial charge is 0.507 e. The van der Waals surface area contributed by atoms with Crippen LogP contribution in [0.3, 0.4) is 0 Å². The summed E-state index contributed by atoms with van der Waals surface area (Å²) >= 11 is 0. The second-order valence-corrected chi connectivity index (χ2v) is 21.6. The van der Waals surface area contributed by atoms with Gasteiger partial charge in [-0.2, -0.15) is 13.0 Å². The van der Waals surface area contributed by atoms with Gasteiger partial charge in [0.15, 0.2) is 11.3 Å². The Labute approximate surface area is 412 Å². The van der Waals surface area contributed by atoms with Gasteiger partial charge in [0, 0.05) is 97.7 Å². The van der Waals surface area contributed by atoms with Gasteiger partial charge in [-0.3, -0.25) is 28.6 Å². The third-order valence-corrected chi connectivity index (χ3v) is 15.5. The lowest BCUT2D eigenvalue weighted by molar-refractivity contribution is -0.438. The minimum Gasteiger partial charge on any atom is -0.507 e. The van der Waals surface area contributed by atoms with Gasteiger partial charge >= 0.3 is 0 Å². The van der Waals surface area contributed by atoms with Gasteiger partial charge in [-0.25, -0.2) is 0 Å². The average Bonchev–Trinajstić information content (AvgIpc) is 3.82. The summed E-state index contributed by atoms with van der Waals surface area (Å²) in [5.74, 6) is -0.0976. The molecule has 0 fully saturated rings. The van der Waals surface area contributed by atoms with Crippen molar-refractivity contribution in [2.24, 2.45) is 0 Å². The Kier molecular flexibility index (Phi) is 14.9. The summed E-state index contributed by atoms with van der Waals surface area (Å²) in [4.78, 5) is 53.1. The molecule has 4 heterocycles. The monoisotopic (exact) mass is 974 g/mol. The molecular formula is C55H68N5O9S+. The lowest BCUT2D eigenvalue weighted by atomic mass is 9.81. The zero-order valence-electron chi connectivity index (χ0n) is 42.0. The molecule has 4 N–H and O–H groups in total. The van der Waals surface area contributed by atoms with E-state index in [1.165, 1.54) is 29.3 Å². The number of hydrogen-bond acceptors (Lipinski definition) is 9. The fourth-order valence-electron chi connectivity index (χ4n) is 10.3. The predicted octanol–water partition coefficient (Wildman–Crippen LogP) is 7.93. The van der Waals surface area contributed by atoms with E-state index in [1.807, 2.05) is 65.8 Å². The molecule has 15 heteroatoms. The highest BCUT2D eigenvalue weighted by atomic mass is 32.2. The molecule has 0 bridgehead atoms. The fourth-order valence-corrected chi connectivity index (χ4v) is 10.8. The number of rotatable bonds is 18. The van der Waals surface area contributed by atoms with Crippen LogP contribution >= 0.6 is 0 Å². The summed E-state index contributed by atoms with van der Waals surface area (Å²) in [5, 5.41) is 16.6. The molecule has 70 heavy (non-hydrogen) atoms. The fraction of sp³-hybridized carbons (Fsp3) is 0.436. The van der Waals surface area contributed by atoms with E-state index in [-0.39, 0.29) is 52.8 Å². The Bertz CT molecular complexity index is 2890. The van der Waals surface area contributed by atoms with Crippen LogP contribution in [0.4, 0.5) is 11.4 Å². The number of nitrogens with zero attached hydrogens (tertiary/aromatic N) is 3. The summed E-state index contributed by atoms with van der Waals surface area (Å²) < 4.78 is 43.0. The molecule has 1 unspecified atom stereocenters. The van der Waals surface area contributed by atoms with Crippen molar-refractivity contribution < 1.29 is 46.6 Å². The Balaban J connectivity index is 1.02. The van der Waals surface area contributed by atoms with Crippen LogP contribution in [-0.4, -0.2) is 95.2 Å². The highest BCUT2D eigenvalue weighted by Gasteiger charge is 2.45. The van der Waals surface area contributed by atoms with Crippen LogP contribution in [0.25, 0.3) is 0 Å². The Morgan fingerprint density at radius 1 is 0.800 bits per heavy atom. The zero-order valence-corrected chi connectivity index (χ0v) is 42.8. The highest BCUT2D eigenvalue weighted by Crippen LogP contribution is 2.48. The van der Waals surface area contributed by atoms with Gasteiger partial charge in [0.05, 0.1) is 10.3 Å². The number of allylic oxidation sites excluding steroid dienone is 6. The van der Waals surface area contributed by atoms with E-state index >= 15 is 0 Å². The smallest absolute Gasteiger partial charge is 0.294 e. The van der Waals surface area contributed by atoms with Crippen molar-refractivity contribution >= 4 is 50.8 Å². The molecule has 3 aromatic carbocycles. The second kappa shape index (κ2) is 20.2. The number of amides is 4. The molecule has 0 aliphatic carbocycles.